The van der Waals surface area contributed by atoms with Crippen LogP contribution in [-0.4, -0.2) is 61.8 Å². The maximum absolute atomic E-state index is 5.64. The van der Waals surface area contributed by atoms with E-state index < -0.39 is 0 Å². The number of nitrogens with zero attached hydrogens (tertiary/aromatic N) is 2. The smallest absolute Gasteiger partial charge is 0.193 e. The van der Waals surface area contributed by atoms with Gasteiger partial charge in [0.25, 0.3) is 0 Å². The van der Waals surface area contributed by atoms with Crippen LogP contribution >= 0.6 is 35.7 Å². The number of hydrogen-bond donors (Lipinski definition) is 1. The fraction of sp³-hybridized carbons (Fsp3) is 0.929. The van der Waals surface area contributed by atoms with E-state index in [9.17, 15) is 0 Å². The van der Waals surface area contributed by atoms with Gasteiger partial charge in [-0.1, -0.05) is 6.92 Å². The number of aliphatic imine (C=N–C) groups is 1. The molecule has 1 unspecified atom stereocenters. The van der Waals surface area contributed by atoms with Crippen molar-refractivity contribution in [2.75, 3.05) is 45.6 Å². The summed E-state index contributed by atoms with van der Waals surface area (Å²) >= 11 is 2.09. The molecule has 0 aromatic rings. The Morgan fingerprint density at radius 3 is 2.90 bits per heavy atom. The summed E-state index contributed by atoms with van der Waals surface area (Å²) in [7, 11) is 1.87. The van der Waals surface area contributed by atoms with Crippen LogP contribution in [0.4, 0.5) is 0 Å². The molecule has 6 heteroatoms. The SMILES string of the molecule is CCC1CN(C(=NC)NCCOCC2CC2)CCS1.I. The number of ether oxygens (including phenoxy) is 1. The molecule has 2 rings (SSSR count). The van der Waals surface area contributed by atoms with E-state index in [0.717, 1.165) is 50.0 Å². The normalized spacial score (nSPS) is 23.4. The molecule has 1 aliphatic heterocycles. The fourth-order valence-electron chi connectivity index (χ4n) is 2.26. The zero-order valence-corrected chi connectivity index (χ0v) is 15.8. The standard InChI is InChI=1S/C14H27N3OS.HI/c1-3-13-10-17(7-9-19-13)14(15-2)16-6-8-18-11-12-4-5-12;/h12-13H,3-11H2,1-2H3,(H,15,16);1H. The Bertz CT molecular complexity index is 300. The number of rotatable bonds is 6. The molecular weight excluding hydrogens is 385 g/mol. The van der Waals surface area contributed by atoms with Crippen LogP contribution in [0.1, 0.15) is 26.2 Å². The van der Waals surface area contributed by atoms with Gasteiger partial charge in [-0.05, 0) is 25.2 Å². The molecule has 2 fully saturated rings. The molecule has 1 saturated carbocycles. The van der Waals surface area contributed by atoms with Crippen LogP contribution in [0.5, 0.6) is 0 Å². The van der Waals surface area contributed by atoms with Gasteiger partial charge >= 0.3 is 0 Å². The number of halogens is 1. The number of nitrogens with one attached hydrogen (secondary N) is 1. The van der Waals surface area contributed by atoms with Crippen molar-refractivity contribution in [3.8, 4) is 0 Å². The molecule has 1 saturated heterocycles. The van der Waals surface area contributed by atoms with Crippen LogP contribution in [0, 0.1) is 5.92 Å². The largest absolute Gasteiger partial charge is 0.379 e. The molecule has 0 aromatic carbocycles. The van der Waals surface area contributed by atoms with Gasteiger partial charge in [-0.25, -0.2) is 0 Å². The lowest BCUT2D eigenvalue weighted by Crippen LogP contribution is -2.48. The highest BCUT2D eigenvalue weighted by molar-refractivity contribution is 14.0. The molecule has 2 aliphatic rings. The zero-order valence-electron chi connectivity index (χ0n) is 12.6. The number of hydrogen-bond acceptors (Lipinski definition) is 3. The van der Waals surface area contributed by atoms with E-state index in [1.165, 1.54) is 25.0 Å². The van der Waals surface area contributed by atoms with E-state index in [1.807, 2.05) is 7.05 Å². The second kappa shape index (κ2) is 10.1. The van der Waals surface area contributed by atoms with Crippen LogP contribution in [0.2, 0.25) is 0 Å². The van der Waals surface area contributed by atoms with Gasteiger partial charge < -0.3 is 15.0 Å². The van der Waals surface area contributed by atoms with Gasteiger partial charge in [-0.2, -0.15) is 11.8 Å². The third-order valence-electron chi connectivity index (χ3n) is 3.69. The van der Waals surface area contributed by atoms with Crippen LogP contribution in [0.15, 0.2) is 4.99 Å². The van der Waals surface area contributed by atoms with Crippen molar-refractivity contribution in [1.82, 2.24) is 10.2 Å². The quantitative estimate of drug-likeness (QED) is 0.314. The molecule has 1 heterocycles. The summed E-state index contributed by atoms with van der Waals surface area (Å²) in [5.74, 6) is 3.09. The maximum atomic E-state index is 5.64. The third kappa shape index (κ3) is 6.39. The molecule has 20 heavy (non-hydrogen) atoms. The molecule has 4 nitrogen and oxygen atoms in total. The van der Waals surface area contributed by atoms with E-state index in [1.54, 1.807) is 0 Å². The van der Waals surface area contributed by atoms with E-state index in [-0.39, 0.29) is 24.0 Å². The van der Waals surface area contributed by atoms with Gasteiger partial charge in [-0.15, -0.1) is 24.0 Å². The van der Waals surface area contributed by atoms with Gasteiger partial charge in [0.2, 0.25) is 0 Å². The Kier molecular flexibility index (Phi) is 9.28. The minimum Gasteiger partial charge on any atom is -0.379 e. The molecule has 1 N–H and O–H groups in total. The van der Waals surface area contributed by atoms with E-state index in [0.29, 0.717) is 0 Å². The third-order valence-corrected chi connectivity index (χ3v) is 5.06. The van der Waals surface area contributed by atoms with Crippen molar-refractivity contribution < 1.29 is 4.74 Å². The van der Waals surface area contributed by atoms with Crippen LogP contribution < -0.4 is 5.32 Å². The highest BCUT2D eigenvalue weighted by atomic mass is 127. The highest BCUT2D eigenvalue weighted by Gasteiger charge is 2.22. The molecule has 1 aliphatic carbocycles. The Morgan fingerprint density at radius 1 is 1.45 bits per heavy atom. The first-order chi connectivity index (χ1) is 9.33. The lowest BCUT2D eigenvalue weighted by Gasteiger charge is -2.34. The minimum atomic E-state index is 0. The molecule has 118 valence electrons. The fourth-order valence-corrected chi connectivity index (χ4v) is 3.44. The summed E-state index contributed by atoms with van der Waals surface area (Å²) in [6.07, 6.45) is 3.96. The Hall–Kier alpha value is 0.310. The van der Waals surface area contributed by atoms with E-state index in [2.05, 4.69) is 33.9 Å². The Balaban J connectivity index is 0.00000200. The minimum absolute atomic E-state index is 0. The average Bonchev–Trinajstić information content (AvgIpc) is 3.27. The number of guanidine groups is 1. The summed E-state index contributed by atoms with van der Waals surface area (Å²) in [4.78, 5) is 6.77. The molecule has 0 amide bonds. The molecule has 1 atom stereocenters. The summed E-state index contributed by atoms with van der Waals surface area (Å²) in [5, 5.41) is 4.17. The maximum Gasteiger partial charge on any atom is 0.193 e. The predicted octanol–water partition coefficient (Wildman–Crippen LogP) is 2.43. The van der Waals surface area contributed by atoms with Gasteiger partial charge in [0.1, 0.15) is 0 Å². The summed E-state index contributed by atoms with van der Waals surface area (Å²) < 4.78 is 5.64. The second-order valence-corrected chi connectivity index (χ2v) is 6.75. The topological polar surface area (TPSA) is 36.9 Å². The lowest BCUT2D eigenvalue weighted by molar-refractivity contribution is 0.128. The Labute approximate surface area is 144 Å². The summed E-state index contributed by atoms with van der Waals surface area (Å²) in [5.41, 5.74) is 0. The molecule has 0 radical (unpaired) electrons. The van der Waals surface area contributed by atoms with Crippen molar-refractivity contribution in [1.29, 1.82) is 0 Å². The van der Waals surface area contributed by atoms with Gasteiger partial charge in [-0.3, -0.25) is 4.99 Å². The molecular formula is C14H28IN3OS. The second-order valence-electron chi connectivity index (χ2n) is 5.34. The monoisotopic (exact) mass is 413 g/mol. The zero-order chi connectivity index (χ0) is 13.5. The first kappa shape index (κ1) is 18.4. The lowest BCUT2D eigenvalue weighted by atomic mass is 10.3. The average molecular weight is 413 g/mol. The van der Waals surface area contributed by atoms with Crippen LogP contribution in [-0.2, 0) is 4.74 Å². The highest BCUT2D eigenvalue weighted by Crippen LogP contribution is 2.28. The van der Waals surface area contributed by atoms with Crippen LogP contribution in [0.3, 0.4) is 0 Å². The van der Waals surface area contributed by atoms with Gasteiger partial charge in [0.05, 0.1) is 6.61 Å². The molecule has 0 spiro atoms. The van der Waals surface area contributed by atoms with Gasteiger partial charge in [0, 0.05) is 44.3 Å². The summed E-state index contributed by atoms with van der Waals surface area (Å²) in [6, 6.07) is 0. The van der Waals surface area contributed by atoms with Crippen molar-refractivity contribution in [3.63, 3.8) is 0 Å². The van der Waals surface area contributed by atoms with Gasteiger partial charge in [0.15, 0.2) is 5.96 Å². The predicted molar refractivity (Wildman–Crippen MR) is 98.4 cm³/mol. The molecule has 0 bridgehead atoms. The van der Waals surface area contributed by atoms with Crippen molar-refractivity contribution in [2.45, 2.75) is 31.4 Å². The first-order valence-corrected chi connectivity index (χ1v) is 8.53. The van der Waals surface area contributed by atoms with E-state index >= 15 is 0 Å². The molecule has 0 aromatic heterocycles. The van der Waals surface area contributed by atoms with Crippen molar-refractivity contribution in [3.05, 3.63) is 0 Å². The van der Waals surface area contributed by atoms with Crippen molar-refractivity contribution >= 4 is 41.7 Å². The first-order valence-electron chi connectivity index (χ1n) is 7.48. The number of thioether (sulfide) groups is 1. The van der Waals surface area contributed by atoms with E-state index in [4.69, 9.17) is 4.74 Å². The Morgan fingerprint density at radius 2 is 2.25 bits per heavy atom. The summed E-state index contributed by atoms with van der Waals surface area (Å²) in [6.45, 7) is 7.07. The van der Waals surface area contributed by atoms with Crippen LogP contribution in [0.25, 0.3) is 0 Å². The van der Waals surface area contributed by atoms with Crippen molar-refractivity contribution in [2.24, 2.45) is 10.9 Å².